The zero-order valence-corrected chi connectivity index (χ0v) is 27.6. The largest absolute Gasteiger partial charge is 0.311 e. The molecule has 0 unspecified atom stereocenters. The minimum atomic E-state index is 0.00494. The van der Waals surface area contributed by atoms with E-state index in [1.165, 1.54) is 49.3 Å². The number of hydrogen-bond donors (Lipinski definition) is 0. The zero-order chi connectivity index (χ0) is 33.5. The number of aromatic nitrogens is 2. The number of hydrogen-bond acceptors (Lipinski definition) is 4. The predicted molar refractivity (Wildman–Crippen MR) is 214 cm³/mol. The molecule has 3 heterocycles. The summed E-state index contributed by atoms with van der Waals surface area (Å²) in [5, 5.41) is 5.96. The zero-order valence-electron chi connectivity index (χ0n) is 27.6. The van der Waals surface area contributed by atoms with Gasteiger partial charge in [0.05, 0.1) is 11.2 Å². The minimum Gasteiger partial charge on any atom is -0.311 e. The molecule has 0 amide bonds. The van der Waals surface area contributed by atoms with Crippen molar-refractivity contribution in [2.24, 2.45) is 0 Å². The minimum absolute atomic E-state index is 0.00494. The highest BCUT2D eigenvalue weighted by atomic mass is 15.2. The van der Waals surface area contributed by atoms with Gasteiger partial charge in [0.1, 0.15) is 6.33 Å². The molecule has 0 saturated heterocycles. The van der Waals surface area contributed by atoms with E-state index >= 15 is 0 Å². The summed E-state index contributed by atoms with van der Waals surface area (Å²) in [6, 6.07) is 61.7. The second-order valence-corrected chi connectivity index (χ2v) is 13.5. The van der Waals surface area contributed by atoms with E-state index in [4.69, 9.17) is 4.98 Å². The third-order valence-corrected chi connectivity index (χ3v) is 10.6. The maximum atomic E-state index is 4.96. The van der Waals surface area contributed by atoms with E-state index in [0.717, 1.165) is 44.9 Å². The Morgan fingerprint density at radius 1 is 0.412 bits per heavy atom. The third-order valence-electron chi connectivity index (χ3n) is 10.6. The number of benzene rings is 8. The normalized spacial score (nSPS) is 13.0. The van der Waals surface area contributed by atoms with E-state index in [1.807, 2.05) is 6.07 Å². The summed E-state index contributed by atoms with van der Waals surface area (Å²) in [7, 11) is 0. The summed E-state index contributed by atoms with van der Waals surface area (Å²) in [5.74, 6) is 0. The maximum absolute atomic E-state index is 4.96. The average molecular weight is 649 g/mol. The molecule has 8 aromatic carbocycles. The van der Waals surface area contributed by atoms with Gasteiger partial charge in [-0.2, -0.15) is 0 Å². The fraction of sp³-hybridized carbons (Fsp3) is 0. The lowest BCUT2D eigenvalue weighted by Gasteiger charge is -2.44. The number of fused-ring (bicyclic) bond motifs is 7. The Labute approximate surface area is 296 Å². The third kappa shape index (κ3) is 4.22. The van der Waals surface area contributed by atoms with Gasteiger partial charge in [-0.15, -0.1) is 0 Å². The molecule has 5 heteroatoms. The number of rotatable bonds is 3. The Hall–Kier alpha value is -6.72. The van der Waals surface area contributed by atoms with Gasteiger partial charge in [-0.3, -0.25) is 0 Å². The van der Waals surface area contributed by atoms with Crippen LogP contribution in [0.5, 0.6) is 0 Å². The van der Waals surface area contributed by atoms with Gasteiger partial charge in [0, 0.05) is 45.1 Å². The van der Waals surface area contributed by atoms with E-state index in [9.17, 15) is 0 Å². The van der Waals surface area contributed by atoms with Crippen LogP contribution in [-0.2, 0) is 0 Å². The van der Waals surface area contributed by atoms with Crippen LogP contribution in [-0.4, -0.2) is 16.7 Å². The Bertz CT molecular complexity index is 2680. The first kappa shape index (κ1) is 28.2. The first-order chi connectivity index (χ1) is 25.3. The van der Waals surface area contributed by atoms with Crippen LogP contribution in [0.2, 0.25) is 0 Å². The fourth-order valence-electron chi connectivity index (χ4n) is 8.45. The van der Waals surface area contributed by atoms with E-state index < -0.39 is 0 Å². The Morgan fingerprint density at radius 2 is 0.882 bits per heavy atom. The van der Waals surface area contributed by atoms with E-state index in [1.54, 1.807) is 6.33 Å². The Morgan fingerprint density at radius 3 is 1.43 bits per heavy atom. The fourth-order valence-corrected chi connectivity index (χ4v) is 8.45. The SMILES string of the molecule is c1ccc(N2c3cc4ccccc4cc3B3c4cc5ccccc5cc4N(c4ccccc4)c4cc(-c5ncnc6ccccc56)cc2c43)cc1. The van der Waals surface area contributed by atoms with E-state index in [2.05, 4.69) is 179 Å². The quantitative estimate of drug-likeness (QED) is 0.179. The first-order valence-electron chi connectivity index (χ1n) is 17.4. The monoisotopic (exact) mass is 648 g/mol. The first-order valence-corrected chi connectivity index (χ1v) is 17.4. The van der Waals surface area contributed by atoms with Gasteiger partial charge in [-0.05, 0) is 92.5 Å². The van der Waals surface area contributed by atoms with Crippen molar-refractivity contribution in [2.75, 3.05) is 9.80 Å². The molecule has 2 aliphatic heterocycles. The topological polar surface area (TPSA) is 32.3 Å². The molecule has 4 nitrogen and oxygen atoms in total. The highest BCUT2D eigenvalue weighted by molar-refractivity contribution is 7.00. The van der Waals surface area contributed by atoms with Crippen molar-refractivity contribution in [3.8, 4) is 11.3 Å². The Balaban J connectivity index is 1.32. The van der Waals surface area contributed by atoms with Gasteiger partial charge in [-0.25, -0.2) is 9.97 Å². The van der Waals surface area contributed by atoms with Crippen LogP contribution in [0.3, 0.4) is 0 Å². The number of para-hydroxylation sites is 3. The van der Waals surface area contributed by atoms with Crippen molar-refractivity contribution in [2.45, 2.75) is 0 Å². The summed E-state index contributed by atoms with van der Waals surface area (Å²) in [6.45, 7) is 0.00494. The van der Waals surface area contributed by atoms with Crippen LogP contribution in [0, 0.1) is 0 Å². The number of anilines is 6. The smallest absolute Gasteiger partial charge is 0.252 e. The van der Waals surface area contributed by atoms with Gasteiger partial charge >= 0.3 is 0 Å². The van der Waals surface area contributed by atoms with Gasteiger partial charge in [0.25, 0.3) is 6.71 Å². The molecule has 0 fully saturated rings. The molecule has 0 radical (unpaired) electrons. The molecule has 9 aromatic rings. The Kier molecular flexibility index (Phi) is 6.01. The average Bonchev–Trinajstić information content (AvgIpc) is 3.19. The molecule has 11 rings (SSSR count). The summed E-state index contributed by atoms with van der Waals surface area (Å²) in [6.07, 6.45) is 1.69. The van der Waals surface area contributed by atoms with Crippen molar-refractivity contribution < 1.29 is 0 Å². The van der Waals surface area contributed by atoms with Crippen LogP contribution in [0.1, 0.15) is 0 Å². The second-order valence-electron chi connectivity index (χ2n) is 13.5. The van der Waals surface area contributed by atoms with Gasteiger partial charge in [0.2, 0.25) is 0 Å². The molecular weight excluding hydrogens is 619 g/mol. The molecule has 0 N–H and O–H groups in total. The van der Waals surface area contributed by atoms with Crippen molar-refractivity contribution >= 4 is 89.7 Å². The van der Waals surface area contributed by atoms with Crippen LogP contribution in [0.15, 0.2) is 176 Å². The molecule has 2 aliphatic rings. The molecule has 236 valence electrons. The standard InChI is InChI=1S/C46H29BN4/c1-3-17-35(18-4-1)50-41-25-32-15-9-7-13-30(32)23-38(41)47-39-24-31-14-8-10-16-33(31)26-42(39)51(36-19-5-2-6-20-36)44-28-34(27-43(50)45(44)47)46-37-21-11-12-22-40(37)48-29-49-46/h1-29H. The van der Waals surface area contributed by atoms with E-state index in [-0.39, 0.29) is 6.71 Å². The summed E-state index contributed by atoms with van der Waals surface area (Å²) in [5.41, 5.74) is 13.7. The molecule has 0 saturated carbocycles. The van der Waals surface area contributed by atoms with Crippen molar-refractivity contribution in [3.63, 3.8) is 0 Å². The van der Waals surface area contributed by atoms with Gasteiger partial charge in [-0.1, -0.05) is 115 Å². The summed E-state index contributed by atoms with van der Waals surface area (Å²) < 4.78 is 0. The highest BCUT2D eigenvalue weighted by Gasteiger charge is 2.44. The highest BCUT2D eigenvalue weighted by Crippen LogP contribution is 2.47. The molecular formula is C46H29BN4. The second kappa shape index (κ2) is 10.9. The van der Waals surface area contributed by atoms with Crippen LogP contribution >= 0.6 is 0 Å². The van der Waals surface area contributed by atoms with Crippen molar-refractivity contribution in [3.05, 3.63) is 176 Å². The predicted octanol–water partition coefficient (Wildman–Crippen LogP) is 9.69. The molecule has 0 atom stereocenters. The van der Waals surface area contributed by atoms with Crippen LogP contribution < -0.4 is 26.2 Å². The summed E-state index contributed by atoms with van der Waals surface area (Å²) >= 11 is 0. The van der Waals surface area contributed by atoms with Crippen LogP contribution in [0.4, 0.5) is 34.1 Å². The molecule has 1 aromatic heterocycles. The van der Waals surface area contributed by atoms with E-state index in [0.29, 0.717) is 0 Å². The molecule has 0 bridgehead atoms. The lowest BCUT2D eigenvalue weighted by Crippen LogP contribution is -2.61. The molecule has 0 spiro atoms. The van der Waals surface area contributed by atoms with Gasteiger partial charge < -0.3 is 9.80 Å². The van der Waals surface area contributed by atoms with Gasteiger partial charge in [0.15, 0.2) is 0 Å². The molecule has 0 aliphatic carbocycles. The van der Waals surface area contributed by atoms with Crippen LogP contribution in [0.25, 0.3) is 43.7 Å². The lowest BCUT2D eigenvalue weighted by molar-refractivity contribution is 1.22. The summed E-state index contributed by atoms with van der Waals surface area (Å²) in [4.78, 5) is 14.5. The maximum Gasteiger partial charge on any atom is 0.252 e. The van der Waals surface area contributed by atoms with Crippen molar-refractivity contribution in [1.82, 2.24) is 9.97 Å². The van der Waals surface area contributed by atoms with Crippen molar-refractivity contribution in [1.29, 1.82) is 0 Å². The molecule has 51 heavy (non-hydrogen) atoms. The lowest BCUT2D eigenvalue weighted by atomic mass is 9.33. The number of nitrogens with zero attached hydrogens (tertiary/aromatic N) is 4.